The Labute approximate surface area is 394 Å². The number of nitrogens with zero attached hydrogens (tertiary/aromatic N) is 4. The second-order valence-corrected chi connectivity index (χ2v) is 20.1. The number of nitrogens with one attached hydrogen (secondary N) is 3. The van der Waals surface area contributed by atoms with Gasteiger partial charge in [-0.2, -0.15) is 0 Å². The minimum Gasteiger partial charge on any atom is -0.471 e. The first-order valence-electron chi connectivity index (χ1n) is 24.5. The molecule has 3 saturated heterocycles. The van der Waals surface area contributed by atoms with Crippen LogP contribution in [0.15, 0.2) is 36.7 Å². The third-order valence-electron chi connectivity index (χ3n) is 15.1. The van der Waals surface area contributed by atoms with E-state index >= 15 is 0 Å². The first-order chi connectivity index (χ1) is 32.3. The van der Waals surface area contributed by atoms with Gasteiger partial charge in [0, 0.05) is 30.6 Å². The minimum atomic E-state index is -0.745. The van der Waals surface area contributed by atoms with Crippen LogP contribution in [0.1, 0.15) is 157 Å². The second-order valence-electron chi connectivity index (χ2n) is 20.1. The summed E-state index contributed by atoms with van der Waals surface area (Å²) in [6.07, 6.45) is 17.4. The van der Waals surface area contributed by atoms with Crippen molar-refractivity contribution >= 4 is 24.4 Å². The molecule has 6 aliphatic rings. The molecule has 360 valence electrons. The number of hydrogen-bond acceptors (Lipinski definition) is 10. The maximum Gasteiger partial charge on any atom is 0.404 e. The molecule has 2 aromatic carbocycles. The smallest absolute Gasteiger partial charge is 0.404 e. The van der Waals surface area contributed by atoms with E-state index in [4.69, 9.17) is 19.5 Å². The number of carbonyl (C=O) groups excluding carboxylic acids is 4. The topological polar surface area (TPSA) is 198 Å². The molecule has 4 unspecified atom stereocenters. The van der Waals surface area contributed by atoms with Crippen LogP contribution in [0.4, 0.5) is 4.79 Å². The summed E-state index contributed by atoms with van der Waals surface area (Å²) in [5.74, 6) is 2.75. The Bertz CT molecular complexity index is 2430. The monoisotopic (exact) mass is 919 g/mol. The van der Waals surface area contributed by atoms with Gasteiger partial charge in [0.15, 0.2) is 0 Å². The molecule has 6 heterocycles. The molecular weight excluding hydrogens is 849 g/mol. The van der Waals surface area contributed by atoms with Crippen LogP contribution in [0.5, 0.6) is 0 Å². The van der Waals surface area contributed by atoms with Crippen molar-refractivity contribution < 1.29 is 33.4 Å². The number of amides is 3. The van der Waals surface area contributed by atoms with E-state index < -0.39 is 6.09 Å². The molecule has 2 aromatic heterocycles. The summed E-state index contributed by atoms with van der Waals surface area (Å²) in [5, 5.41) is 3.25. The van der Waals surface area contributed by atoms with E-state index in [-0.39, 0.29) is 48.1 Å². The Morgan fingerprint density at radius 2 is 1.31 bits per heavy atom. The number of methoxy groups -OCH3 is 2. The fraction of sp³-hybridized carbons (Fsp3) is 0.577. The number of rotatable bonds is 11. The Morgan fingerprint density at radius 1 is 0.806 bits per heavy atom. The number of ether oxygens (including phenoxy) is 3. The van der Waals surface area contributed by atoms with Gasteiger partial charge in [0.25, 0.3) is 6.47 Å². The highest BCUT2D eigenvalue weighted by Crippen LogP contribution is 2.59. The minimum absolute atomic E-state index is 0.0196. The lowest BCUT2D eigenvalue weighted by atomic mass is 9.80. The molecule has 10 rings (SSSR count). The summed E-state index contributed by atoms with van der Waals surface area (Å²) in [4.78, 5) is 66.7. The van der Waals surface area contributed by atoms with Crippen LogP contribution in [0.25, 0.3) is 33.6 Å². The third kappa shape index (κ3) is 9.50. The lowest BCUT2D eigenvalue weighted by Crippen LogP contribution is -2.47. The largest absolute Gasteiger partial charge is 0.471 e. The molecule has 2 bridgehead atoms. The summed E-state index contributed by atoms with van der Waals surface area (Å²) in [5.41, 5.74) is 17.6. The lowest BCUT2D eigenvalue weighted by molar-refractivity contribution is -0.135. The van der Waals surface area contributed by atoms with Gasteiger partial charge in [0.1, 0.15) is 11.6 Å². The van der Waals surface area contributed by atoms with Crippen LogP contribution in [-0.2, 0) is 41.4 Å². The van der Waals surface area contributed by atoms with Gasteiger partial charge in [-0.3, -0.25) is 14.4 Å². The third-order valence-corrected chi connectivity index (χ3v) is 15.1. The molecule has 3 amide bonds. The molecule has 2 aliphatic carbocycles. The molecule has 1 saturated carbocycles. The van der Waals surface area contributed by atoms with Gasteiger partial charge >= 0.3 is 6.09 Å². The Morgan fingerprint density at radius 3 is 1.87 bits per heavy atom. The molecule has 5 N–H and O–H groups in total. The van der Waals surface area contributed by atoms with E-state index in [0.29, 0.717) is 24.2 Å². The van der Waals surface area contributed by atoms with Crippen LogP contribution in [-0.4, -0.2) is 94.5 Å². The predicted octanol–water partition coefficient (Wildman–Crippen LogP) is 8.82. The number of carbonyl (C=O) groups is 4. The fourth-order valence-electron chi connectivity index (χ4n) is 12.1. The van der Waals surface area contributed by atoms with Crippen molar-refractivity contribution in [1.82, 2.24) is 35.1 Å². The van der Waals surface area contributed by atoms with Crippen molar-refractivity contribution in [2.75, 3.05) is 34.4 Å². The van der Waals surface area contributed by atoms with E-state index in [0.717, 1.165) is 87.5 Å². The summed E-state index contributed by atoms with van der Waals surface area (Å²) in [6, 6.07) is 9.16. The molecule has 15 nitrogen and oxygen atoms in total. The lowest BCUT2D eigenvalue weighted by Gasteiger charge is -2.29. The summed E-state index contributed by atoms with van der Waals surface area (Å²) in [7, 11) is 4.42. The van der Waals surface area contributed by atoms with Crippen molar-refractivity contribution in [3.8, 4) is 33.6 Å². The van der Waals surface area contributed by atoms with Gasteiger partial charge in [-0.1, -0.05) is 64.8 Å². The molecule has 5 atom stereocenters. The van der Waals surface area contributed by atoms with E-state index in [1.165, 1.54) is 84.4 Å². The zero-order valence-corrected chi connectivity index (χ0v) is 40.4. The zero-order valence-electron chi connectivity index (χ0n) is 40.4. The van der Waals surface area contributed by atoms with Crippen molar-refractivity contribution in [2.24, 2.45) is 23.0 Å². The highest BCUT2D eigenvalue weighted by Gasteiger charge is 2.45. The average molecular weight is 919 g/mol. The van der Waals surface area contributed by atoms with Crippen molar-refractivity contribution in [2.45, 2.75) is 141 Å². The number of aromatic nitrogens is 4. The normalized spacial score (nSPS) is 22.3. The molecule has 4 aliphatic heterocycles. The number of imidazole rings is 2. The van der Waals surface area contributed by atoms with Gasteiger partial charge in [-0.15, -0.1) is 0 Å². The van der Waals surface area contributed by atoms with Crippen molar-refractivity contribution in [1.29, 1.82) is 0 Å². The van der Waals surface area contributed by atoms with Gasteiger partial charge < -0.3 is 45.0 Å². The summed E-state index contributed by atoms with van der Waals surface area (Å²) < 4.78 is 14.5. The van der Waals surface area contributed by atoms with Crippen LogP contribution in [0, 0.1) is 17.3 Å². The Kier molecular flexibility index (Phi) is 14.6. The summed E-state index contributed by atoms with van der Waals surface area (Å²) >= 11 is 0. The van der Waals surface area contributed by atoms with Crippen LogP contribution >= 0.6 is 0 Å². The molecule has 0 radical (unpaired) electrons. The highest BCUT2D eigenvalue weighted by atomic mass is 16.5. The number of aromatic amines is 2. The first-order valence-corrected chi connectivity index (χ1v) is 24.5. The molecule has 15 heteroatoms. The van der Waals surface area contributed by atoms with Crippen LogP contribution in [0.3, 0.4) is 0 Å². The van der Waals surface area contributed by atoms with E-state index in [1.807, 2.05) is 24.3 Å². The van der Waals surface area contributed by atoms with Crippen molar-refractivity contribution in [3.63, 3.8) is 0 Å². The standard InChI is InChI=1S/C48H61N7O3.C2H5NO2.C2H4O2/c1-27(2)22-41(56)54-20-8-10-37(54)45-50-25-35(52-45)30-13-12-29(33-23-48(24-34(30)33)18-6-7-19-48)31-14-15-32(43-40-17-16-39(58-40)42(31)43)36-26-51-46(53-36)38-11-9-21-55(38)47(57)44(49-5)28(3)4;1-5-2(3)4;1-4-2-3/h12-15,25-28,37-40,44,49H,6-11,16-24H2,1-5H3,(H,50,52)(H,51,53);1H3,(H2,3,4);2H,1H3/t37-,38?,39?,40?,44?;;/m0../s1. The second kappa shape index (κ2) is 20.4. The number of fused-ring (bicyclic) bond motifs is 6. The molecular formula is C52H70N8O7. The van der Waals surface area contributed by atoms with E-state index in [1.54, 1.807) is 0 Å². The van der Waals surface area contributed by atoms with Gasteiger partial charge in [0.2, 0.25) is 11.8 Å². The first kappa shape index (κ1) is 47.9. The van der Waals surface area contributed by atoms with Crippen LogP contribution in [0.2, 0.25) is 0 Å². The Balaban J connectivity index is 0.000000621. The molecule has 4 fully saturated rings. The highest BCUT2D eigenvalue weighted by molar-refractivity contribution is 5.84. The quantitative estimate of drug-likeness (QED) is 0.106. The number of primary amides is 1. The predicted molar refractivity (Wildman–Crippen MR) is 255 cm³/mol. The number of likely N-dealkylation sites (tertiary alicyclic amines) is 2. The average Bonchev–Trinajstić information content (AvgIpc) is 4.17. The maximum atomic E-state index is 13.7. The van der Waals surface area contributed by atoms with E-state index in [2.05, 4.69) is 87.4 Å². The van der Waals surface area contributed by atoms with Crippen LogP contribution < -0.4 is 11.1 Å². The summed E-state index contributed by atoms with van der Waals surface area (Å²) in [6.45, 7) is 10.4. The number of benzene rings is 2. The zero-order chi connectivity index (χ0) is 47.6. The Hall–Kier alpha value is -5.54. The number of nitrogens with two attached hydrogens (primary N) is 1. The maximum absolute atomic E-state index is 13.7. The number of hydrogen-bond donors (Lipinski definition) is 4. The fourth-order valence-corrected chi connectivity index (χ4v) is 12.1. The molecule has 67 heavy (non-hydrogen) atoms. The molecule has 1 spiro atoms. The van der Waals surface area contributed by atoms with Gasteiger partial charge in [-0.05, 0) is 122 Å². The van der Waals surface area contributed by atoms with Gasteiger partial charge in [0.05, 0.1) is 68.3 Å². The number of H-pyrrole nitrogens is 2. The van der Waals surface area contributed by atoms with Crippen molar-refractivity contribution in [3.05, 3.63) is 70.6 Å². The SMILES string of the molecule is CNC(C(=O)N1CCCC1c1ncc(-c2ccc(-c3ccc(-c4cnc([C@@H]5CCCN5C(=O)CC(C)C)[nH]4)c4c3CC3(CCCC3)C4)c3c2C2CCC3O2)[nH]1)C(C)C.COC(N)=O.COC=O. The number of likely N-dealkylation sites (N-methyl/N-ethyl adjacent to an activating group) is 1. The molecule has 4 aromatic rings. The van der Waals surface area contributed by atoms with E-state index in [9.17, 15) is 14.4 Å². The van der Waals surface area contributed by atoms with Gasteiger partial charge in [-0.25, -0.2) is 14.8 Å².